The predicted molar refractivity (Wildman–Crippen MR) is 345 cm³/mol. The van der Waals surface area contributed by atoms with Crippen molar-refractivity contribution >= 4 is 0 Å². The summed E-state index contributed by atoms with van der Waals surface area (Å²) in [5.74, 6) is -1.98. The van der Waals surface area contributed by atoms with Crippen LogP contribution in [0.3, 0.4) is 0 Å². The molecule has 542 valence electrons. The van der Waals surface area contributed by atoms with Crippen molar-refractivity contribution in [2.24, 2.45) is 5.92 Å². The number of aliphatic hydroxyl groups excluding tert-OH is 8. The lowest BCUT2D eigenvalue weighted by atomic mass is 9.88. The van der Waals surface area contributed by atoms with E-state index in [0.717, 1.165) is 46.0 Å². The zero-order valence-corrected chi connectivity index (χ0v) is 60.1. The summed E-state index contributed by atoms with van der Waals surface area (Å²) in [6.45, 7) is 45.3. The number of unbranched alkanes of at least 4 members (excludes halogenated alkanes) is 1. The molecule has 6 atom stereocenters. The highest BCUT2D eigenvalue weighted by molar-refractivity contribution is 4.85. The van der Waals surface area contributed by atoms with Crippen molar-refractivity contribution in [2.45, 2.75) is 368 Å². The summed E-state index contributed by atoms with van der Waals surface area (Å²) >= 11 is 0. The second-order valence-electron chi connectivity index (χ2n) is 29.7. The van der Waals surface area contributed by atoms with E-state index in [4.69, 9.17) is 86.8 Å². The third-order valence-corrected chi connectivity index (χ3v) is 11.9. The summed E-state index contributed by atoms with van der Waals surface area (Å²) in [7, 11) is 0. The Kier molecular flexibility index (Phi) is 59.2. The van der Waals surface area contributed by atoms with E-state index in [1.54, 1.807) is 159 Å². The van der Waals surface area contributed by atoms with Gasteiger partial charge in [-0.05, 0) is 205 Å². The van der Waals surface area contributed by atoms with Gasteiger partial charge in [-0.3, -0.25) is 0 Å². The molecule has 0 radical (unpaired) electrons. The van der Waals surface area contributed by atoms with E-state index in [9.17, 15) is 35.7 Å². The molecule has 0 saturated carbocycles. The fourth-order valence-electron chi connectivity index (χ4n) is 5.62. The van der Waals surface area contributed by atoms with Gasteiger partial charge in [-0.1, -0.05) is 47.0 Å². The third-order valence-electron chi connectivity index (χ3n) is 11.9. The summed E-state index contributed by atoms with van der Waals surface area (Å²) in [4.78, 5) is 0. The monoisotopic (exact) mass is 1290 g/mol. The Morgan fingerprint density at radius 2 is 0.678 bits per heavy atom. The van der Waals surface area contributed by atoms with Gasteiger partial charge in [0.05, 0.1) is 87.5 Å². The first-order valence-corrected chi connectivity index (χ1v) is 30.2. The van der Waals surface area contributed by atoms with Crippen LogP contribution in [0.4, 0.5) is 0 Å². The zero-order chi connectivity index (χ0) is 73.3. The van der Waals surface area contributed by atoms with E-state index in [-0.39, 0.29) is 19.1 Å². The van der Waals surface area contributed by atoms with Gasteiger partial charge in [0.25, 0.3) is 0 Å². The van der Waals surface area contributed by atoms with Crippen LogP contribution in [0.1, 0.15) is 271 Å². The molecule has 0 rings (SSSR count). The van der Waals surface area contributed by atoms with Crippen LogP contribution in [0, 0.1) is 5.92 Å². The minimum absolute atomic E-state index is 0.0394. The van der Waals surface area contributed by atoms with Gasteiger partial charge in [-0.2, -0.15) is 0 Å². The Morgan fingerprint density at radius 3 is 0.770 bits per heavy atom. The van der Waals surface area contributed by atoms with Gasteiger partial charge in [-0.25, -0.2) is 0 Å². The van der Waals surface area contributed by atoms with Crippen LogP contribution in [0.25, 0.3) is 0 Å². The summed E-state index contributed by atoms with van der Waals surface area (Å²) in [6.07, 6.45) is 4.69. The first kappa shape index (κ1) is 108. The van der Waals surface area contributed by atoms with E-state index in [1.165, 1.54) is 6.92 Å². The van der Waals surface area contributed by atoms with Crippen LogP contribution < -0.4 is 0 Å². The maximum absolute atomic E-state index is 9.69. The van der Waals surface area contributed by atoms with Crippen LogP contribution >= 0.6 is 0 Å². The maximum Gasteiger partial charge on any atom is 0.186 e. The van der Waals surface area contributed by atoms with Gasteiger partial charge in [0, 0.05) is 38.4 Å². The molecular formula is C63H146O24. The Labute approximate surface area is 527 Å². The minimum atomic E-state index is -1.94. The second kappa shape index (κ2) is 47.8. The van der Waals surface area contributed by atoms with Gasteiger partial charge in [-0.15, -0.1) is 0 Å². The fraction of sp³-hybridized carbons (Fsp3) is 1.00. The lowest BCUT2D eigenvalue weighted by molar-refractivity contribution is -0.211. The molecule has 0 bridgehead atoms. The molecule has 24 nitrogen and oxygen atoms in total. The number of rotatable bonds is 25. The molecule has 0 spiro atoms. The smallest absolute Gasteiger partial charge is 0.186 e. The molecule has 0 fully saturated rings. The van der Waals surface area contributed by atoms with E-state index in [2.05, 4.69) is 6.92 Å². The first-order valence-electron chi connectivity index (χ1n) is 30.2. The highest BCUT2D eigenvalue weighted by Crippen LogP contribution is 2.25. The molecule has 87 heavy (non-hydrogen) atoms. The first-order chi connectivity index (χ1) is 37.6. The van der Waals surface area contributed by atoms with Crippen LogP contribution in [0.2, 0.25) is 0 Å². The molecule has 24 heteroatoms. The highest BCUT2D eigenvalue weighted by Gasteiger charge is 2.32. The van der Waals surface area contributed by atoms with Crippen molar-refractivity contribution in [3.8, 4) is 0 Å². The molecule has 0 aliphatic heterocycles. The Balaban J connectivity index is -0.0000000949. The molecule has 0 amide bonds. The molecule has 0 saturated heterocycles. The Hall–Kier alpha value is -0.960. The molecule has 0 aliphatic carbocycles. The van der Waals surface area contributed by atoms with Gasteiger partial charge in [0.1, 0.15) is 17.3 Å². The van der Waals surface area contributed by atoms with Crippen LogP contribution in [-0.2, 0) is 0 Å². The van der Waals surface area contributed by atoms with Crippen LogP contribution in [-0.4, -0.2) is 253 Å². The van der Waals surface area contributed by atoms with E-state index < -0.39 is 117 Å². The SMILES string of the molecule is CC(C)(O)C(C)(C)O.CC(C)(O)CC(C)(C)O.CC(C)(O)CCC(C)(C)O.CC(CO)C(C)(C)O.CC(O)(CO)C(O)O.CC(O)(CO)CO.CC(O)CC(C)(C)O.CCC(O)C(C)(O)O.CCCC(C)(O)CC(C)(C)O.CCCCC(C)(O)CCO. The maximum atomic E-state index is 9.69. The average Bonchev–Trinajstić information content (AvgIpc) is 3.24. The molecule has 6 unspecified atom stereocenters. The largest absolute Gasteiger partial charge is 0.396 e. The molecule has 24 N–H and O–H groups in total. The van der Waals surface area contributed by atoms with Crippen molar-refractivity contribution in [3.63, 3.8) is 0 Å². The van der Waals surface area contributed by atoms with E-state index >= 15 is 0 Å². The quantitative estimate of drug-likeness (QED) is 0.0584. The molecule has 0 aliphatic rings. The molecule has 0 aromatic carbocycles. The number of aliphatic hydroxyl groups is 24. The number of hydrogen-bond donors (Lipinski definition) is 24. The predicted octanol–water partition coefficient (Wildman–Crippen LogP) is 2.90. The van der Waals surface area contributed by atoms with Gasteiger partial charge in [0.15, 0.2) is 12.1 Å². The summed E-state index contributed by atoms with van der Waals surface area (Å²) in [6, 6.07) is 0. The Morgan fingerprint density at radius 1 is 0.345 bits per heavy atom. The minimum Gasteiger partial charge on any atom is -0.396 e. The normalized spacial score (nSPS) is 15.7. The summed E-state index contributed by atoms with van der Waals surface area (Å²) in [5.41, 5.74) is -11.5. The standard InChI is InChI=1S/C9H20O2.2C8H18O2.C7H16O2.3C6H14O2.C5H12O3.C4H10O4.C4H10O3/c1-5-6-9(4,11)7-8(2,3)10;1-7(2,9)5-6-8(3,4)10;1-3-4-5-8(2,10)6-7-9;1-6(2,8)5-7(3,4)9;1-5(4-7)6(2,3)8;1-5(7)4-6(2,3)8;1-5(2,7)6(3,4)8;1-3-4(6)5(2,7)8;1-4(8,2-5)3(6)7;1-4(7,2-5)3-6/h10-11H,5-7H2,1-4H3;9-10H,5-6H2,1-4H3;9-10H,3-7H2,1-2H3;8-9H,5H2,1-4H3;2*5,7-8H,4H2,1-3H3;7-8H,1-4H3;4,6-8H,3H2,1-2H3;3,5-8H,2H2,1H3;5-7H,2-3H2,1H3. The van der Waals surface area contributed by atoms with Gasteiger partial charge < -0.3 is 123 Å². The van der Waals surface area contributed by atoms with Crippen molar-refractivity contribution < 1.29 is 123 Å². The van der Waals surface area contributed by atoms with E-state index in [0.29, 0.717) is 44.9 Å². The number of hydrogen-bond acceptors (Lipinski definition) is 24. The van der Waals surface area contributed by atoms with E-state index in [1.807, 2.05) is 6.92 Å². The van der Waals surface area contributed by atoms with Crippen molar-refractivity contribution in [1.29, 1.82) is 0 Å². The Bertz CT molecular complexity index is 1430. The van der Waals surface area contributed by atoms with Crippen molar-refractivity contribution in [2.75, 3.05) is 33.0 Å². The third kappa shape index (κ3) is 101. The van der Waals surface area contributed by atoms with Gasteiger partial charge in [0.2, 0.25) is 0 Å². The molecular weight excluding hydrogens is 1140 g/mol. The molecule has 0 heterocycles. The fourth-order valence-corrected chi connectivity index (χ4v) is 5.62. The molecule has 0 aromatic rings. The average molecular weight is 1290 g/mol. The van der Waals surface area contributed by atoms with Gasteiger partial charge >= 0.3 is 0 Å². The summed E-state index contributed by atoms with van der Waals surface area (Å²) in [5, 5.41) is 212. The van der Waals surface area contributed by atoms with Crippen molar-refractivity contribution in [3.05, 3.63) is 0 Å². The van der Waals surface area contributed by atoms with Crippen LogP contribution in [0.15, 0.2) is 0 Å². The second-order valence-corrected chi connectivity index (χ2v) is 29.7. The lowest BCUT2D eigenvalue weighted by Crippen LogP contribution is -2.44. The lowest BCUT2D eigenvalue weighted by Gasteiger charge is -2.31. The summed E-state index contributed by atoms with van der Waals surface area (Å²) < 4.78 is 0. The molecule has 0 aromatic heterocycles. The van der Waals surface area contributed by atoms with Crippen molar-refractivity contribution in [1.82, 2.24) is 0 Å². The zero-order valence-electron chi connectivity index (χ0n) is 60.1. The topological polar surface area (TPSA) is 486 Å². The van der Waals surface area contributed by atoms with Crippen LogP contribution in [0.5, 0.6) is 0 Å². The highest BCUT2D eigenvalue weighted by atomic mass is 16.5.